The molecule has 0 aliphatic carbocycles. The van der Waals surface area contributed by atoms with Crippen LogP contribution in [0.25, 0.3) is 0 Å². The van der Waals surface area contributed by atoms with Crippen molar-refractivity contribution in [1.82, 2.24) is 0 Å². The van der Waals surface area contributed by atoms with Crippen LogP contribution in [-0.4, -0.2) is 10.6 Å². The van der Waals surface area contributed by atoms with Gasteiger partial charge in [-0.1, -0.05) is 26.7 Å². The summed E-state index contributed by atoms with van der Waals surface area (Å²) in [6.07, 6.45) is 2.55. The van der Waals surface area contributed by atoms with Crippen molar-refractivity contribution >= 4 is 71.8 Å². The standard InChI is InChI=1S/C8H18Br4Si2/c1-3-5-13(9,10)7-8-14(11,12)6-4-2/h3-8H2,1-2H3. The van der Waals surface area contributed by atoms with Crippen LogP contribution in [0.1, 0.15) is 26.7 Å². The van der Waals surface area contributed by atoms with Crippen LogP contribution in [0.15, 0.2) is 0 Å². The SMILES string of the molecule is CCC[Si](Br)(Br)CC[Si](Br)(Br)CCC. The van der Waals surface area contributed by atoms with Crippen molar-refractivity contribution < 1.29 is 0 Å². The molecule has 0 fully saturated rings. The Morgan fingerprint density at radius 1 is 0.643 bits per heavy atom. The van der Waals surface area contributed by atoms with E-state index in [-0.39, 0.29) is 0 Å². The molecule has 0 aromatic rings. The number of hydrogen-bond acceptors (Lipinski definition) is 0. The van der Waals surface area contributed by atoms with E-state index in [0.717, 1.165) is 0 Å². The lowest BCUT2D eigenvalue weighted by molar-refractivity contribution is 1.05. The summed E-state index contributed by atoms with van der Waals surface area (Å²) in [6.45, 7) is 4.51. The summed E-state index contributed by atoms with van der Waals surface area (Å²) in [6, 6.07) is 5.29. The van der Waals surface area contributed by atoms with E-state index in [4.69, 9.17) is 0 Å². The van der Waals surface area contributed by atoms with Gasteiger partial charge in [0.05, 0.1) is 0 Å². The maximum Gasteiger partial charge on any atom is 0.200 e. The fourth-order valence-corrected chi connectivity index (χ4v) is 18.1. The Balaban J connectivity index is 3.90. The predicted molar refractivity (Wildman–Crippen MR) is 87.0 cm³/mol. The molecule has 0 aromatic carbocycles. The molecule has 0 unspecified atom stereocenters. The minimum absolute atomic E-state index is 1.24. The third-order valence-corrected chi connectivity index (χ3v) is 16.5. The van der Waals surface area contributed by atoms with Gasteiger partial charge in [0.25, 0.3) is 0 Å². The molecule has 0 heterocycles. The second-order valence-electron chi connectivity index (χ2n) is 3.71. The number of rotatable bonds is 7. The molecule has 0 bridgehead atoms. The van der Waals surface area contributed by atoms with E-state index >= 15 is 0 Å². The molecule has 0 amide bonds. The predicted octanol–water partition coefficient (Wildman–Crippen LogP) is 6.27. The quantitative estimate of drug-likeness (QED) is 0.292. The van der Waals surface area contributed by atoms with E-state index in [2.05, 4.69) is 75.0 Å². The summed E-state index contributed by atoms with van der Waals surface area (Å²) < 4.78 is 0. The minimum atomic E-state index is -1.24. The van der Waals surface area contributed by atoms with Crippen molar-refractivity contribution in [2.24, 2.45) is 0 Å². The number of halogens is 4. The molecular weight excluding hydrogens is 472 g/mol. The first-order valence-electron chi connectivity index (χ1n) is 5.08. The smallest absolute Gasteiger partial charge is 0.111 e. The van der Waals surface area contributed by atoms with Crippen molar-refractivity contribution in [3.05, 3.63) is 0 Å². The first kappa shape index (κ1) is 16.4. The van der Waals surface area contributed by atoms with Crippen LogP contribution in [-0.2, 0) is 0 Å². The molecule has 0 rings (SSSR count). The van der Waals surface area contributed by atoms with Crippen LogP contribution in [0.4, 0.5) is 0 Å². The van der Waals surface area contributed by atoms with Gasteiger partial charge in [0.2, 0.25) is 10.6 Å². The third-order valence-electron chi connectivity index (χ3n) is 2.09. The lowest BCUT2D eigenvalue weighted by Gasteiger charge is -2.22. The maximum absolute atomic E-state index is 3.88. The molecule has 0 aliphatic rings. The van der Waals surface area contributed by atoms with E-state index in [1.807, 2.05) is 0 Å². The Labute approximate surface area is 121 Å². The van der Waals surface area contributed by atoms with Crippen LogP contribution in [0.5, 0.6) is 0 Å². The fraction of sp³-hybridized carbons (Fsp3) is 1.00. The normalized spacial score (nSPS) is 13.3. The zero-order chi connectivity index (χ0) is 11.2. The molecule has 0 saturated heterocycles. The van der Waals surface area contributed by atoms with Crippen molar-refractivity contribution in [1.29, 1.82) is 0 Å². The molecule has 0 nitrogen and oxygen atoms in total. The lowest BCUT2D eigenvalue weighted by atomic mass is 10.6. The van der Waals surface area contributed by atoms with Gasteiger partial charge in [-0.05, 0) is 24.2 Å². The molecule has 0 atom stereocenters. The van der Waals surface area contributed by atoms with Crippen LogP contribution in [0, 0.1) is 0 Å². The van der Waals surface area contributed by atoms with Gasteiger partial charge in [0, 0.05) is 0 Å². The molecule has 0 radical (unpaired) electrons. The van der Waals surface area contributed by atoms with Gasteiger partial charge in [-0.15, -0.1) is 61.2 Å². The summed E-state index contributed by atoms with van der Waals surface area (Å²) in [5, 5.41) is -2.48. The molecule has 0 aromatic heterocycles. The van der Waals surface area contributed by atoms with E-state index in [1.165, 1.54) is 37.0 Å². The number of hydrogen-bond donors (Lipinski definition) is 0. The molecule has 6 heteroatoms. The second-order valence-corrected chi connectivity index (χ2v) is 33.7. The van der Waals surface area contributed by atoms with Crippen molar-refractivity contribution in [2.45, 2.75) is 50.9 Å². The summed E-state index contributed by atoms with van der Waals surface area (Å²) >= 11 is 15.5. The summed E-state index contributed by atoms with van der Waals surface area (Å²) in [7, 11) is 0. The Morgan fingerprint density at radius 3 is 1.14 bits per heavy atom. The van der Waals surface area contributed by atoms with Crippen molar-refractivity contribution in [2.75, 3.05) is 0 Å². The van der Waals surface area contributed by atoms with Gasteiger partial charge >= 0.3 is 0 Å². The summed E-state index contributed by atoms with van der Waals surface area (Å²) in [5.74, 6) is 0. The molecule has 0 saturated carbocycles. The molecule has 0 spiro atoms. The van der Waals surface area contributed by atoms with E-state index in [9.17, 15) is 0 Å². The highest BCUT2D eigenvalue weighted by molar-refractivity contribution is 9.51. The summed E-state index contributed by atoms with van der Waals surface area (Å²) in [4.78, 5) is 0. The molecule has 86 valence electrons. The van der Waals surface area contributed by atoms with Gasteiger partial charge in [-0.2, -0.15) is 0 Å². The van der Waals surface area contributed by atoms with Crippen LogP contribution < -0.4 is 0 Å². The van der Waals surface area contributed by atoms with E-state index in [1.54, 1.807) is 0 Å². The van der Waals surface area contributed by atoms with Gasteiger partial charge in [-0.25, -0.2) is 0 Å². The van der Waals surface area contributed by atoms with Crippen molar-refractivity contribution in [3.63, 3.8) is 0 Å². The zero-order valence-corrected chi connectivity index (χ0v) is 17.1. The molecule has 0 aliphatic heterocycles. The van der Waals surface area contributed by atoms with Gasteiger partial charge in [0.1, 0.15) is 0 Å². The summed E-state index contributed by atoms with van der Waals surface area (Å²) in [5.41, 5.74) is 0. The molecule has 0 N–H and O–H groups in total. The topological polar surface area (TPSA) is 0 Å². The fourth-order valence-electron chi connectivity index (χ4n) is 1.35. The largest absolute Gasteiger partial charge is 0.200 e. The molecule has 14 heavy (non-hydrogen) atoms. The third kappa shape index (κ3) is 8.50. The van der Waals surface area contributed by atoms with Crippen LogP contribution >= 0.6 is 61.2 Å². The van der Waals surface area contributed by atoms with Gasteiger partial charge in [0.15, 0.2) is 0 Å². The van der Waals surface area contributed by atoms with Crippen molar-refractivity contribution in [3.8, 4) is 0 Å². The Morgan fingerprint density at radius 2 is 0.929 bits per heavy atom. The first-order valence-corrected chi connectivity index (χ1v) is 18.9. The highest BCUT2D eigenvalue weighted by Gasteiger charge is 2.32. The Hall–Kier alpha value is 2.35. The second kappa shape index (κ2) is 7.64. The van der Waals surface area contributed by atoms with E-state index < -0.39 is 10.6 Å². The average Bonchev–Trinajstić information content (AvgIpc) is 2.01. The zero-order valence-electron chi connectivity index (χ0n) is 8.75. The monoisotopic (exact) mass is 486 g/mol. The van der Waals surface area contributed by atoms with Crippen LogP contribution in [0.3, 0.4) is 0 Å². The lowest BCUT2D eigenvalue weighted by Crippen LogP contribution is -2.23. The van der Waals surface area contributed by atoms with Gasteiger partial charge in [-0.3, -0.25) is 0 Å². The Bertz CT molecular complexity index is 143. The first-order chi connectivity index (χ1) is 6.33. The maximum atomic E-state index is 3.88. The average molecular weight is 490 g/mol. The van der Waals surface area contributed by atoms with Gasteiger partial charge < -0.3 is 0 Å². The minimum Gasteiger partial charge on any atom is -0.111 e. The van der Waals surface area contributed by atoms with Crippen LogP contribution in [0.2, 0.25) is 24.2 Å². The Kier molecular flexibility index (Phi) is 8.92. The molecular formula is C8H18Br4Si2. The highest BCUT2D eigenvalue weighted by Crippen LogP contribution is 2.40. The van der Waals surface area contributed by atoms with E-state index in [0.29, 0.717) is 0 Å². The highest BCUT2D eigenvalue weighted by atomic mass is 79.9.